The zero-order valence-electron chi connectivity index (χ0n) is 16.8. The summed E-state index contributed by atoms with van der Waals surface area (Å²) in [5, 5.41) is 13.2. The number of methoxy groups -OCH3 is 1. The molecule has 1 N–H and O–H groups in total. The standard InChI is InChI=1S/C20H24N6O4/c1-28-8-7-26-19(22-23-24-26)18(25-5-3-2-4-6-25)14-9-13-10-16-17(30-12-29-16)11-15(13)21-20(14)27/h9-11,18H,2-8,12H2,1H3,(H,21,27)/t18-/m1/s1. The number of H-pyrrole nitrogens is 1. The monoisotopic (exact) mass is 412 g/mol. The topological polar surface area (TPSA) is 107 Å². The first-order valence-corrected chi connectivity index (χ1v) is 10.2. The summed E-state index contributed by atoms with van der Waals surface area (Å²) >= 11 is 0. The number of tetrazole rings is 1. The average molecular weight is 412 g/mol. The van der Waals surface area contributed by atoms with E-state index in [4.69, 9.17) is 14.2 Å². The quantitative estimate of drug-likeness (QED) is 0.649. The van der Waals surface area contributed by atoms with Crippen LogP contribution in [0.15, 0.2) is 23.0 Å². The van der Waals surface area contributed by atoms with Crippen molar-refractivity contribution in [1.82, 2.24) is 30.1 Å². The van der Waals surface area contributed by atoms with Crippen LogP contribution in [0.1, 0.15) is 36.7 Å². The number of fused-ring (bicyclic) bond motifs is 2. The minimum absolute atomic E-state index is 0.154. The van der Waals surface area contributed by atoms with Gasteiger partial charge in [0.05, 0.1) is 18.7 Å². The fourth-order valence-corrected chi connectivity index (χ4v) is 4.24. The molecule has 3 aromatic rings. The smallest absolute Gasteiger partial charge is 0.253 e. The number of rotatable bonds is 6. The molecule has 0 aliphatic carbocycles. The van der Waals surface area contributed by atoms with Crippen LogP contribution in [0.3, 0.4) is 0 Å². The summed E-state index contributed by atoms with van der Waals surface area (Å²) in [6, 6.07) is 5.29. The van der Waals surface area contributed by atoms with Gasteiger partial charge < -0.3 is 19.2 Å². The Kier molecular flexibility index (Phi) is 5.09. The van der Waals surface area contributed by atoms with Gasteiger partial charge in [-0.3, -0.25) is 9.69 Å². The Morgan fingerprint density at radius 1 is 1.17 bits per heavy atom. The highest BCUT2D eigenvalue weighted by Gasteiger charge is 2.31. The van der Waals surface area contributed by atoms with Gasteiger partial charge in [0.1, 0.15) is 6.04 Å². The molecule has 0 radical (unpaired) electrons. The maximum atomic E-state index is 13.2. The lowest BCUT2D eigenvalue weighted by molar-refractivity contribution is 0.163. The summed E-state index contributed by atoms with van der Waals surface area (Å²) in [6.45, 7) is 2.98. The van der Waals surface area contributed by atoms with Gasteiger partial charge in [-0.25, -0.2) is 4.68 Å². The van der Waals surface area contributed by atoms with Gasteiger partial charge in [-0.2, -0.15) is 0 Å². The van der Waals surface area contributed by atoms with E-state index in [0.717, 1.165) is 31.3 Å². The van der Waals surface area contributed by atoms with Crippen molar-refractivity contribution in [1.29, 1.82) is 0 Å². The summed E-state index contributed by atoms with van der Waals surface area (Å²) in [4.78, 5) is 18.5. The van der Waals surface area contributed by atoms with Gasteiger partial charge in [0.25, 0.3) is 5.56 Å². The number of nitrogens with one attached hydrogen (secondary N) is 1. The molecule has 5 rings (SSSR count). The molecular weight excluding hydrogens is 388 g/mol. The van der Waals surface area contributed by atoms with E-state index in [-0.39, 0.29) is 18.4 Å². The van der Waals surface area contributed by atoms with Crippen molar-refractivity contribution in [3.05, 3.63) is 39.9 Å². The summed E-state index contributed by atoms with van der Waals surface area (Å²) in [6.07, 6.45) is 3.36. The Bertz CT molecular complexity index is 1100. The van der Waals surface area contributed by atoms with Crippen LogP contribution in [0.2, 0.25) is 0 Å². The first kappa shape index (κ1) is 19.0. The second kappa shape index (κ2) is 8.04. The lowest BCUT2D eigenvalue weighted by Gasteiger charge is -2.33. The molecule has 0 bridgehead atoms. The van der Waals surface area contributed by atoms with Crippen LogP contribution in [-0.4, -0.2) is 63.7 Å². The number of ether oxygens (including phenoxy) is 3. The number of hydrogen-bond donors (Lipinski definition) is 1. The number of aromatic amines is 1. The third kappa shape index (κ3) is 3.41. The number of piperidine rings is 1. The van der Waals surface area contributed by atoms with E-state index < -0.39 is 0 Å². The minimum Gasteiger partial charge on any atom is -0.454 e. The van der Waals surface area contributed by atoms with Crippen molar-refractivity contribution in [2.75, 3.05) is 33.6 Å². The average Bonchev–Trinajstić information content (AvgIpc) is 3.41. The highest BCUT2D eigenvalue weighted by atomic mass is 16.7. The number of likely N-dealkylation sites (tertiary alicyclic amines) is 1. The number of aromatic nitrogens is 5. The third-order valence-electron chi connectivity index (χ3n) is 5.73. The third-order valence-corrected chi connectivity index (χ3v) is 5.73. The molecule has 10 heteroatoms. The Labute approximate surface area is 172 Å². The van der Waals surface area contributed by atoms with Crippen LogP contribution >= 0.6 is 0 Å². The molecule has 0 saturated carbocycles. The second-order valence-corrected chi connectivity index (χ2v) is 7.60. The van der Waals surface area contributed by atoms with Gasteiger partial charge in [0, 0.05) is 24.1 Å². The number of nitrogens with zero attached hydrogens (tertiary/aromatic N) is 5. The molecule has 2 aliphatic heterocycles. The van der Waals surface area contributed by atoms with E-state index in [9.17, 15) is 4.79 Å². The molecule has 4 heterocycles. The van der Waals surface area contributed by atoms with Crippen molar-refractivity contribution in [3.8, 4) is 11.5 Å². The first-order chi connectivity index (χ1) is 14.7. The molecule has 1 fully saturated rings. The molecule has 1 aromatic carbocycles. The van der Waals surface area contributed by atoms with Crippen molar-refractivity contribution in [2.24, 2.45) is 0 Å². The molecule has 30 heavy (non-hydrogen) atoms. The van der Waals surface area contributed by atoms with Gasteiger partial charge >= 0.3 is 0 Å². The van der Waals surface area contributed by atoms with E-state index in [2.05, 4.69) is 25.4 Å². The molecule has 1 atom stereocenters. The minimum atomic E-state index is -0.337. The van der Waals surface area contributed by atoms with E-state index in [0.29, 0.717) is 41.6 Å². The maximum absolute atomic E-state index is 13.2. The highest BCUT2D eigenvalue weighted by Crippen LogP contribution is 2.36. The molecule has 158 valence electrons. The number of hydrogen-bond acceptors (Lipinski definition) is 8. The van der Waals surface area contributed by atoms with Crippen molar-refractivity contribution in [3.63, 3.8) is 0 Å². The Morgan fingerprint density at radius 2 is 1.97 bits per heavy atom. The van der Waals surface area contributed by atoms with Crippen molar-refractivity contribution >= 4 is 10.9 Å². The molecule has 1 saturated heterocycles. The molecule has 2 aromatic heterocycles. The molecule has 0 unspecified atom stereocenters. The van der Waals surface area contributed by atoms with Gasteiger partial charge in [-0.15, -0.1) is 5.10 Å². The normalized spacial score (nSPS) is 17.5. The maximum Gasteiger partial charge on any atom is 0.253 e. The summed E-state index contributed by atoms with van der Waals surface area (Å²) < 4.78 is 17.9. The van der Waals surface area contributed by atoms with E-state index in [1.807, 2.05) is 12.1 Å². The van der Waals surface area contributed by atoms with Gasteiger partial charge in [0.15, 0.2) is 17.3 Å². The van der Waals surface area contributed by atoms with Crippen LogP contribution in [-0.2, 0) is 11.3 Å². The molecular formula is C20H24N6O4. The zero-order valence-corrected chi connectivity index (χ0v) is 16.8. The van der Waals surface area contributed by atoms with Crippen molar-refractivity contribution in [2.45, 2.75) is 31.8 Å². The molecule has 2 aliphatic rings. The fourth-order valence-electron chi connectivity index (χ4n) is 4.24. The molecule has 10 nitrogen and oxygen atoms in total. The van der Waals surface area contributed by atoms with Crippen LogP contribution < -0.4 is 15.0 Å². The van der Waals surface area contributed by atoms with E-state index in [1.165, 1.54) is 6.42 Å². The molecule has 0 spiro atoms. The Hall–Kier alpha value is -2.98. The lowest BCUT2D eigenvalue weighted by Crippen LogP contribution is -2.38. The van der Waals surface area contributed by atoms with Gasteiger partial charge in [0.2, 0.25) is 6.79 Å². The Morgan fingerprint density at radius 3 is 2.77 bits per heavy atom. The number of pyridine rings is 1. The highest BCUT2D eigenvalue weighted by molar-refractivity contribution is 5.83. The van der Waals surface area contributed by atoms with Crippen LogP contribution in [0.5, 0.6) is 11.5 Å². The van der Waals surface area contributed by atoms with E-state index in [1.54, 1.807) is 17.9 Å². The predicted molar refractivity (Wildman–Crippen MR) is 108 cm³/mol. The summed E-state index contributed by atoms with van der Waals surface area (Å²) in [5.74, 6) is 1.97. The summed E-state index contributed by atoms with van der Waals surface area (Å²) in [7, 11) is 1.64. The van der Waals surface area contributed by atoms with Crippen LogP contribution in [0.25, 0.3) is 10.9 Å². The molecule has 0 amide bonds. The lowest BCUT2D eigenvalue weighted by atomic mass is 10.0. The zero-order chi connectivity index (χ0) is 20.5. The SMILES string of the molecule is COCCn1nnnc1[C@@H](c1cc2cc3c(cc2[nH]c1=O)OCO3)N1CCCCC1. The van der Waals surface area contributed by atoms with E-state index >= 15 is 0 Å². The van der Waals surface area contributed by atoms with Crippen LogP contribution in [0, 0.1) is 0 Å². The summed E-state index contributed by atoms with van der Waals surface area (Å²) in [5.41, 5.74) is 1.18. The predicted octanol–water partition coefficient (Wildman–Crippen LogP) is 1.46. The van der Waals surface area contributed by atoms with Crippen LogP contribution in [0.4, 0.5) is 0 Å². The second-order valence-electron chi connectivity index (χ2n) is 7.60. The first-order valence-electron chi connectivity index (χ1n) is 10.2. The number of benzene rings is 1. The largest absolute Gasteiger partial charge is 0.454 e. The van der Waals surface area contributed by atoms with Crippen molar-refractivity contribution < 1.29 is 14.2 Å². The van der Waals surface area contributed by atoms with Gasteiger partial charge in [-0.05, 0) is 48.5 Å². The Balaban J connectivity index is 1.63. The fraction of sp³-hybridized carbons (Fsp3) is 0.500. The van der Waals surface area contributed by atoms with Gasteiger partial charge in [-0.1, -0.05) is 6.42 Å².